The lowest BCUT2D eigenvalue weighted by molar-refractivity contribution is 0.518. The number of hydrogen-bond donors (Lipinski definition) is 2. The van der Waals surface area contributed by atoms with Crippen LogP contribution in [0.15, 0.2) is 29.3 Å². The third kappa shape index (κ3) is 7.93. The molecule has 8 heteroatoms. The van der Waals surface area contributed by atoms with Crippen LogP contribution >= 0.6 is 24.0 Å². The van der Waals surface area contributed by atoms with Gasteiger partial charge in [-0.15, -0.1) is 24.0 Å². The maximum atomic E-state index is 13.5. The van der Waals surface area contributed by atoms with Gasteiger partial charge in [0.2, 0.25) is 0 Å². The molecule has 2 rings (SSSR count). The molecule has 0 spiro atoms. The lowest BCUT2D eigenvalue weighted by atomic mass is 9.85. The molecule has 27 heavy (non-hydrogen) atoms. The van der Waals surface area contributed by atoms with Gasteiger partial charge in [-0.05, 0) is 37.5 Å². The van der Waals surface area contributed by atoms with Crippen LogP contribution in [0.2, 0.25) is 0 Å². The number of rotatable bonds is 8. The maximum Gasteiger partial charge on any atom is 0.191 e. The van der Waals surface area contributed by atoms with E-state index in [9.17, 15) is 12.8 Å². The van der Waals surface area contributed by atoms with Gasteiger partial charge < -0.3 is 10.6 Å². The summed E-state index contributed by atoms with van der Waals surface area (Å²) in [4.78, 5) is 4.64. The third-order valence-corrected chi connectivity index (χ3v) is 5.88. The predicted molar refractivity (Wildman–Crippen MR) is 120 cm³/mol. The Labute approximate surface area is 179 Å². The Balaban J connectivity index is 0.00000364. The summed E-state index contributed by atoms with van der Waals surface area (Å²) in [6.45, 7) is 7.84. The van der Waals surface area contributed by atoms with E-state index in [1.54, 1.807) is 12.1 Å². The number of nitrogens with zero attached hydrogens (tertiary/aromatic N) is 1. The summed E-state index contributed by atoms with van der Waals surface area (Å²) in [5, 5.41) is 6.48. The summed E-state index contributed by atoms with van der Waals surface area (Å²) in [7, 11) is -2.99. The summed E-state index contributed by atoms with van der Waals surface area (Å²) in [5.74, 6) is 0.624. The maximum absolute atomic E-state index is 13.5. The van der Waals surface area contributed by atoms with Gasteiger partial charge in [-0.2, -0.15) is 0 Å². The Hall–Kier alpha value is -0.900. The minimum absolute atomic E-state index is 0. The van der Waals surface area contributed by atoms with Crippen LogP contribution in [0, 0.1) is 11.2 Å². The summed E-state index contributed by atoms with van der Waals surface area (Å²) >= 11 is 0. The van der Waals surface area contributed by atoms with Gasteiger partial charge in [0, 0.05) is 30.2 Å². The van der Waals surface area contributed by atoms with Crippen LogP contribution in [-0.2, 0) is 15.3 Å². The van der Waals surface area contributed by atoms with E-state index >= 15 is 0 Å². The number of aliphatic imine (C=N–C) groups is 1. The zero-order valence-electron chi connectivity index (χ0n) is 16.5. The standard InChI is InChI=1S/C19H30FN3O2S.HI/c1-5-21-17(23-13-19(9-10-19)14-26(4,24)25)22-12-18(2,3)15-7-6-8-16(20)11-15;/h6-8,11H,5,9-10,12-14H2,1-4H3,(H2,21,22,23);1H. The zero-order valence-corrected chi connectivity index (χ0v) is 19.7. The molecule has 0 aliphatic heterocycles. The lowest BCUT2D eigenvalue weighted by Gasteiger charge is -2.24. The normalized spacial score (nSPS) is 16.4. The van der Waals surface area contributed by atoms with Crippen molar-refractivity contribution < 1.29 is 12.8 Å². The second kappa shape index (κ2) is 9.54. The van der Waals surface area contributed by atoms with Crippen molar-refractivity contribution in [3.8, 4) is 0 Å². The number of guanidine groups is 1. The Morgan fingerprint density at radius 2 is 1.96 bits per heavy atom. The summed E-state index contributed by atoms with van der Waals surface area (Å²) in [5.41, 5.74) is 0.420. The number of hydrogen-bond acceptors (Lipinski definition) is 3. The van der Waals surface area contributed by atoms with Crippen molar-refractivity contribution in [1.82, 2.24) is 10.6 Å². The quantitative estimate of drug-likeness (QED) is 0.320. The fourth-order valence-electron chi connectivity index (χ4n) is 3.00. The molecule has 1 aromatic carbocycles. The van der Waals surface area contributed by atoms with Gasteiger partial charge in [0.25, 0.3) is 0 Å². The van der Waals surface area contributed by atoms with E-state index in [0.29, 0.717) is 25.6 Å². The highest BCUT2D eigenvalue weighted by Gasteiger charge is 2.45. The number of benzene rings is 1. The van der Waals surface area contributed by atoms with Gasteiger partial charge in [-0.3, -0.25) is 4.99 Å². The first-order valence-corrected chi connectivity index (χ1v) is 11.1. The average molecular weight is 511 g/mol. The van der Waals surface area contributed by atoms with Crippen molar-refractivity contribution in [2.24, 2.45) is 10.4 Å². The molecule has 154 valence electrons. The average Bonchev–Trinajstić information content (AvgIpc) is 3.28. The lowest BCUT2D eigenvalue weighted by Crippen LogP contribution is -2.42. The van der Waals surface area contributed by atoms with Crippen LogP contribution < -0.4 is 10.6 Å². The van der Waals surface area contributed by atoms with E-state index in [1.807, 2.05) is 26.8 Å². The van der Waals surface area contributed by atoms with Crippen molar-refractivity contribution >= 4 is 39.8 Å². The fraction of sp³-hybridized carbons (Fsp3) is 0.632. The van der Waals surface area contributed by atoms with Crippen LogP contribution in [0.5, 0.6) is 0 Å². The van der Waals surface area contributed by atoms with Gasteiger partial charge in [0.15, 0.2) is 5.96 Å². The summed E-state index contributed by atoms with van der Waals surface area (Å²) < 4.78 is 36.7. The van der Waals surface area contributed by atoms with E-state index < -0.39 is 9.84 Å². The van der Waals surface area contributed by atoms with Crippen molar-refractivity contribution in [1.29, 1.82) is 0 Å². The van der Waals surface area contributed by atoms with Crippen LogP contribution in [0.25, 0.3) is 0 Å². The first kappa shape index (κ1) is 24.1. The van der Waals surface area contributed by atoms with Crippen molar-refractivity contribution in [2.45, 2.75) is 39.0 Å². The van der Waals surface area contributed by atoms with Crippen molar-refractivity contribution in [3.05, 3.63) is 35.6 Å². The Bertz CT molecular complexity index is 762. The molecule has 2 N–H and O–H groups in total. The monoisotopic (exact) mass is 511 g/mol. The van der Waals surface area contributed by atoms with Gasteiger partial charge in [0.05, 0.1) is 12.3 Å². The zero-order chi connectivity index (χ0) is 19.4. The molecule has 0 saturated heterocycles. The van der Waals surface area contributed by atoms with E-state index in [2.05, 4.69) is 15.6 Å². The van der Waals surface area contributed by atoms with Gasteiger partial charge in [0.1, 0.15) is 15.7 Å². The molecule has 1 aromatic rings. The molecule has 1 aliphatic carbocycles. The molecule has 1 aliphatic rings. The molecule has 0 atom stereocenters. The van der Waals surface area contributed by atoms with Gasteiger partial charge in [-0.1, -0.05) is 26.0 Å². The minimum Gasteiger partial charge on any atom is -0.357 e. The molecule has 5 nitrogen and oxygen atoms in total. The molecule has 0 bridgehead atoms. The molecule has 0 heterocycles. The first-order chi connectivity index (χ1) is 12.1. The van der Waals surface area contributed by atoms with E-state index in [-0.39, 0.29) is 46.4 Å². The SMILES string of the molecule is CCNC(=NCC(C)(C)c1cccc(F)c1)NCC1(CS(C)(=O)=O)CC1.I. The predicted octanol–water partition coefficient (Wildman–Crippen LogP) is 3.10. The molecule has 0 radical (unpaired) electrons. The molecule has 1 fully saturated rings. The molecule has 0 unspecified atom stereocenters. The third-order valence-electron chi connectivity index (χ3n) is 4.74. The second-order valence-corrected chi connectivity index (χ2v) is 10.2. The van der Waals surface area contributed by atoms with Crippen LogP contribution in [0.3, 0.4) is 0 Å². The van der Waals surface area contributed by atoms with E-state index in [1.165, 1.54) is 12.3 Å². The molecule has 1 saturated carbocycles. The number of halogens is 2. The Kier molecular flexibility index (Phi) is 8.53. The molecule has 0 amide bonds. The van der Waals surface area contributed by atoms with Crippen molar-refractivity contribution in [3.63, 3.8) is 0 Å². The highest BCUT2D eigenvalue weighted by Crippen LogP contribution is 2.46. The van der Waals surface area contributed by atoms with Gasteiger partial charge >= 0.3 is 0 Å². The Morgan fingerprint density at radius 1 is 1.30 bits per heavy atom. The minimum atomic E-state index is -2.99. The van der Waals surface area contributed by atoms with E-state index in [4.69, 9.17) is 0 Å². The molecular weight excluding hydrogens is 480 g/mol. The van der Waals surface area contributed by atoms with Crippen LogP contribution in [0.4, 0.5) is 4.39 Å². The van der Waals surface area contributed by atoms with Gasteiger partial charge in [-0.25, -0.2) is 12.8 Å². The first-order valence-electron chi connectivity index (χ1n) is 9.01. The highest BCUT2D eigenvalue weighted by molar-refractivity contribution is 14.0. The largest absolute Gasteiger partial charge is 0.357 e. The Morgan fingerprint density at radius 3 is 2.48 bits per heavy atom. The molecular formula is C19H31FIN3O2S. The summed E-state index contributed by atoms with van der Waals surface area (Å²) in [6.07, 6.45) is 3.12. The van der Waals surface area contributed by atoms with Crippen molar-refractivity contribution in [2.75, 3.05) is 31.6 Å². The fourth-order valence-corrected chi connectivity index (χ4v) is 4.50. The number of sulfone groups is 1. The highest BCUT2D eigenvalue weighted by atomic mass is 127. The van der Waals surface area contributed by atoms with Crippen LogP contribution in [-0.4, -0.2) is 46.0 Å². The molecule has 0 aromatic heterocycles. The summed E-state index contributed by atoms with van der Waals surface area (Å²) in [6, 6.07) is 6.60. The topological polar surface area (TPSA) is 70.6 Å². The van der Waals surface area contributed by atoms with Crippen LogP contribution in [0.1, 0.15) is 39.2 Å². The number of nitrogens with one attached hydrogen (secondary N) is 2. The second-order valence-electron chi connectivity index (χ2n) is 8.01. The van der Waals surface area contributed by atoms with E-state index in [0.717, 1.165) is 18.4 Å². The smallest absolute Gasteiger partial charge is 0.191 e.